The standard InChI is InChI=1S/C45H63N7O13S3/c1-51(2,25-7-27-67(59,60)61)23-5-17-46-41(55)15-20-50(21-16-42(56)47-18-6-24-52(3,4)26-8-28-68(62,63)64)22-19-48-45(66)49-32-9-12-35(38(29-32)44(57)58)43-36-13-10-33(53)30-39(36)65-40-31-34(54)11-14-37(40)43/h9-14,29-31H,5-8,15-28H2,1-4H3,(H6-2,46,47,48,49,53,54,55,56,57,58,59,60,61,62,63,64,66). The Bertz CT molecular complexity index is 2580. The number of quaternary nitrogens is 2. The van der Waals surface area contributed by atoms with Gasteiger partial charge >= 0.3 is 5.97 Å². The fourth-order valence-corrected chi connectivity index (χ4v) is 8.92. The number of thiocarbonyl (C=S) groups is 1. The molecule has 2 amide bonds. The fraction of sp³-hybridized carbons (Fsp3) is 0.489. The van der Waals surface area contributed by atoms with E-state index in [9.17, 15) is 55.3 Å². The number of rotatable bonds is 28. The number of carboxylic acids is 1. The molecule has 0 bridgehead atoms. The highest BCUT2D eigenvalue weighted by Crippen LogP contribution is 2.42. The number of nitrogens with zero attached hydrogens (tertiary/aromatic N) is 3. The lowest BCUT2D eigenvalue weighted by Gasteiger charge is -2.30. The van der Waals surface area contributed by atoms with E-state index in [0.29, 0.717) is 115 Å². The highest BCUT2D eigenvalue weighted by Gasteiger charge is 2.23. The summed E-state index contributed by atoms with van der Waals surface area (Å²) < 4.78 is 72.7. The van der Waals surface area contributed by atoms with Gasteiger partial charge in [-0.05, 0) is 54.2 Å². The van der Waals surface area contributed by atoms with E-state index >= 15 is 0 Å². The smallest absolute Gasteiger partial charge is 0.336 e. The Balaban J connectivity index is 1.36. The van der Waals surface area contributed by atoms with Crippen LogP contribution in [-0.4, -0.2) is 178 Å². The van der Waals surface area contributed by atoms with Crippen LogP contribution in [0.3, 0.4) is 0 Å². The molecular formula is C45H63N7O13S3. The minimum atomic E-state index is -4.28. The fourth-order valence-electron chi connectivity index (χ4n) is 7.73. The number of hydrogen-bond donors (Lipinski definition) is 6. The monoisotopic (exact) mass is 1010 g/mol. The summed E-state index contributed by atoms with van der Waals surface area (Å²) in [5, 5.41) is 33.2. The highest BCUT2D eigenvalue weighted by atomic mass is 32.2. The molecule has 20 nitrogen and oxygen atoms in total. The summed E-state index contributed by atoms with van der Waals surface area (Å²) in [6.45, 7) is 4.36. The third-order valence-electron chi connectivity index (χ3n) is 11.3. The molecule has 2 aliphatic rings. The molecule has 2 aromatic rings. The van der Waals surface area contributed by atoms with Crippen molar-refractivity contribution in [1.82, 2.24) is 20.9 Å². The van der Waals surface area contributed by atoms with Crippen LogP contribution >= 0.6 is 12.2 Å². The van der Waals surface area contributed by atoms with Gasteiger partial charge in [0, 0.05) is 124 Å². The number of aromatic carboxylic acids is 1. The maximum Gasteiger partial charge on any atom is 0.336 e. The number of hydrogen-bond acceptors (Lipinski definition) is 14. The number of carbonyl (C=O) groups excluding carboxylic acids is 2. The van der Waals surface area contributed by atoms with Crippen LogP contribution in [0.1, 0.15) is 48.9 Å². The van der Waals surface area contributed by atoms with Crippen molar-refractivity contribution < 1.29 is 63.9 Å². The van der Waals surface area contributed by atoms with E-state index < -0.39 is 37.7 Å². The van der Waals surface area contributed by atoms with Crippen LogP contribution in [0.2, 0.25) is 0 Å². The van der Waals surface area contributed by atoms with Crippen molar-refractivity contribution in [3.63, 3.8) is 0 Å². The van der Waals surface area contributed by atoms with Crippen molar-refractivity contribution in [2.24, 2.45) is 0 Å². The van der Waals surface area contributed by atoms with Gasteiger partial charge in [-0.2, -0.15) is 0 Å². The third kappa shape index (κ3) is 19.4. The number of carboxylic acid groups (broad SMARTS) is 1. The Hall–Kier alpha value is -5.27. The number of nitrogens with one attached hydrogen (secondary N) is 4. The number of fused-ring (bicyclic) bond motifs is 2. The first kappa shape index (κ1) is 55.3. The molecule has 0 saturated heterocycles. The predicted molar refractivity (Wildman–Crippen MR) is 260 cm³/mol. The molecule has 0 radical (unpaired) electrons. The van der Waals surface area contributed by atoms with Crippen molar-refractivity contribution in [2.75, 3.05) is 110 Å². The lowest BCUT2D eigenvalue weighted by Crippen LogP contribution is -2.43. The first-order chi connectivity index (χ1) is 31.8. The summed E-state index contributed by atoms with van der Waals surface area (Å²) in [6.07, 6.45) is 2.00. The number of phenolic OH excluding ortho intramolecular Hbond substituents is 1. The van der Waals surface area contributed by atoms with Crippen LogP contribution in [0.4, 0.5) is 5.69 Å². The lowest BCUT2D eigenvalue weighted by molar-refractivity contribution is -0.890. The summed E-state index contributed by atoms with van der Waals surface area (Å²) in [5.74, 6) is -2.32. The van der Waals surface area contributed by atoms with E-state index in [1.807, 2.05) is 33.1 Å². The van der Waals surface area contributed by atoms with Gasteiger partial charge in [0.05, 0.1) is 80.2 Å². The van der Waals surface area contributed by atoms with Gasteiger partial charge in [-0.3, -0.25) is 14.4 Å². The van der Waals surface area contributed by atoms with Crippen molar-refractivity contribution in [2.45, 2.75) is 38.5 Å². The van der Waals surface area contributed by atoms with Crippen LogP contribution in [0.25, 0.3) is 33.4 Å². The second kappa shape index (κ2) is 24.8. The molecule has 2 aromatic carbocycles. The van der Waals surface area contributed by atoms with Crippen LogP contribution < -0.4 is 26.7 Å². The summed E-state index contributed by atoms with van der Waals surface area (Å²) in [5.41, 5.74) is 1.58. The van der Waals surface area contributed by atoms with E-state index in [0.717, 1.165) is 0 Å². The normalized spacial score (nSPS) is 12.3. The number of benzene rings is 3. The Morgan fingerprint density at radius 1 is 0.706 bits per heavy atom. The molecule has 374 valence electrons. The molecule has 23 heteroatoms. The summed E-state index contributed by atoms with van der Waals surface area (Å²) in [7, 11) is -0.869. The number of aromatic hydroxyl groups is 1. The zero-order chi connectivity index (χ0) is 50.3. The number of phenols is 1. The second-order valence-electron chi connectivity index (χ2n) is 18.0. The van der Waals surface area contributed by atoms with E-state index in [2.05, 4.69) is 21.3 Å². The van der Waals surface area contributed by atoms with Gasteiger partial charge in [-0.1, -0.05) is 6.07 Å². The SMILES string of the molecule is C[N+](C)(CCCNC(=O)CCN(CCNC(=S)Nc1ccc(-c2c3ccc(=O)cc-3oc3cc(O)ccc23)c(C(=O)O)c1)CCC(=O)NCCC[N+](C)(C)CCCS(=O)(=O)[O-])CCCS(=O)(=O)[O-]. The number of carbonyl (C=O) groups is 3. The molecule has 0 spiro atoms. The van der Waals surface area contributed by atoms with E-state index in [-0.39, 0.29) is 70.7 Å². The van der Waals surface area contributed by atoms with Gasteiger partial charge in [-0.15, -0.1) is 0 Å². The lowest BCUT2D eigenvalue weighted by atomic mass is 9.90. The highest BCUT2D eigenvalue weighted by molar-refractivity contribution is 7.85. The van der Waals surface area contributed by atoms with E-state index in [4.69, 9.17) is 16.6 Å². The summed E-state index contributed by atoms with van der Waals surface area (Å²) in [6, 6.07) is 13.4. The summed E-state index contributed by atoms with van der Waals surface area (Å²) in [4.78, 5) is 52.7. The molecule has 0 aromatic heterocycles. The number of amides is 2. The Kier molecular flexibility index (Phi) is 20.2. The number of anilines is 1. The maximum absolute atomic E-state index is 12.9. The average Bonchev–Trinajstić information content (AvgIpc) is 3.22. The second-order valence-corrected chi connectivity index (χ2v) is 21.5. The largest absolute Gasteiger partial charge is 0.748 e. The van der Waals surface area contributed by atoms with Crippen molar-refractivity contribution in [3.8, 4) is 28.2 Å². The Morgan fingerprint density at radius 2 is 1.25 bits per heavy atom. The Labute approximate surface area is 402 Å². The minimum Gasteiger partial charge on any atom is -0.748 e. The predicted octanol–water partition coefficient (Wildman–Crippen LogP) is 2.37. The maximum atomic E-state index is 12.9. The van der Waals surface area contributed by atoms with Crippen molar-refractivity contribution in [1.29, 1.82) is 0 Å². The molecule has 1 aliphatic heterocycles. The van der Waals surface area contributed by atoms with Gasteiger partial charge in [0.15, 0.2) is 10.5 Å². The van der Waals surface area contributed by atoms with Crippen LogP contribution in [0.15, 0.2) is 63.8 Å². The Morgan fingerprint density at radius 3 is 1.79 bits per heavy atom. The molecule has 1 heterocycles. The van der Waals surface area contributed by atoms with Crippen molar-refractivity contribution in [3.05, 3.63) is 70.4 Å². The zero-order valence-electron chi connectivity index (χ0n) is 38.9. The van der Waals surface area contributed by atoms with E-state index in [1.165, 1.54) is 30.3 Å². The van der Waals surface area contributed by atoms with Crippen LogP contribution in [0, 0.1) is 0 Å². The molecule has 1 aliphatic carbocycles. The van der Waals surface area contributed by atoms with Gasteiger partial charge in [0.2, 0.25) is 11.8 Å². The third-order valence-corrected chi connectivity index (χ3v) is 13.1. The van der Waals surface area contributed by atoms with Gasteiger partial charge < -0.3 is 58.9 Å². The molecule has 4 rings (SSSR count). The molecule has 0 unspecified atom stereocenters. The first-order valence-electron chi connectivity index (χ1n) is 22.2. The molecule has 6 N–H and O–H groups in total. The quantitative estimate of drug-likeness (QED) is 0.0157. The average molecular weight is 1010 g/mol. The van der Waals surface area contributed by atoms with Crippen LogP contribution in [-0.2, 0) is 29.8 Å². The van der Waals surface area contributed by atoms with Crippen LogP contribution in [0.5, 0.6) is 5.75 Å². The minimum absolute atomic E-state index is 0.0685. The first-order valence-corrected chi connectivity index (χ1v) is 25.8. The molecule has 68 heavy (non-hydrogen) atoms. The van der Waals surface area contributed by atoms with Gasteiger partial charge in [0.1, 0.15) is 17.1 Å². The van der Waals surface area contributed by atoms with Gasteiger partial charge in [-0.25, -0.2) is 21.6 Å². The zero-order valence-corrected chi connectivity index (χ0v) is 41.3. The topological polar surface area (TPSA) is 288 Å². The summed E-state index contributed by atoms with van der Waals surface area (Å²) >= 11 is 5.57. The molecular weight excluding hydrogens is 943 g/mol. The van der Waals surface area contributed by atoms with Gasteiger partial charge in [0.25, 0.3) is 0 Å². The molecule has 0 saturated carbocycles. The van der Waals surface area contributed by atoms with Crippen molar-refractivity contribution >= 4 is 72.0 Å². The molecule has 0 atom stereocenters. The molecule has 0 fully saturated rings. The van der Waals surface area contributed by atoms with E-state index in [1.54, 1.807) is 24.3 Å².